The Morgan fingerprint density at radius 3 is 2.54 bits per heavy atom. The zero-order valence-electron chi connectivity index (χ0n) is 19.3. The molecule has 1 aliphatic heterocycles. The van der Waals surface area contributed by atoms with E-state index in [0.717, 1.165) is 16.8 Å². The molecule has 1 N–H and O–H groups in total. The minimum atomic E-state index is -0.812. The maximum absolute atomic E-state index is 14.4. The smallest absolute Gasteiger partial charge is 0.227 e. The molecule has 8 heteroatoms. The number of anilines is 1. The number of rotatable bonds is 8. The van der Waals surface area contributed by atoms with Gasteiger partial charge in [-0.3, -0.25) is 4.79 Å². The number of carbonyl (C=O) groups is 1. The van der Waals surface area contributed by atoms with E-state index >= 15 is 0 Å². The molecule has 1 aromatic heterocycles. The predicted molar refractivity (Wildman–Crippen MR) is 130 cm³/mol. The zero-order valence-corrected chi connectivity index (χ0v) is 19.3. The Hall–Kier alpha value is -3.91. The number of para-hydroxylation sites is 3. The highest BCUT2D eigenvalue weighted by Gasteiger charge is 2.36. The third-order valence-electron chi connectivity index (χ3n) is 6.21. The van der Waals surface area contributed by atoms with Gasteiger partial charge in [-0.1, -0.05) is 24.3 Å². The molecule has 35 heavy (non-hydrogen) atoms. The summed E-state index contributed by atoms with van der Waals surface area (Å²) in [5.74, 6) is 1.24. The topological polar surface area (TPSA) is 76.8 Å². The minimum Gasteiger partial charge on any atom is -0.497 e. The van der Waals surface area contributed by atoms with Crippen LogP contribution in [0.25, 0.3) is 11.0 Å². The van der Waals surface area contributed by atoms with E-state index in [4.69, 9.17) is 14.5 Å². The van der Waals surface area contributed by atoms with Crippen molar-refractivity contribution in [2.45, 2.75) is 25.0 Å². The highest BCUT2D eigenvalue weighted by molar-refractivity contribution is 5.96. The van der Waals surface area contributed by atoms with E-state index in [1.165, 1.54) is 11.0 Å². The first-order valence-electron chi connectivity index (χ1n) is 11.5. The first-order chi connectivity index (χ1) is 17.0. The molecule has 0 bridgehead atoms. The number of halogens is 1. The molecule has 3 aromatic carbocycles. The Bertz CT molecular complexity index is 1340. The van der Waals surface area contributed by atoms with Crippen LogP contribution in [0.2, 0.25) is 0 Å². The number of imidazole rings is 1. The standard InChI is InChI=1S/C27H26FN3O4/c1-34-20-10-12-21(13-11-20)35-17-19(32)16-31-25-9-5-3-7-23(25)29-27(31)18-14-26(33)30(15-18)24-8-4-2-6-22(24)28/h2-13,18-19,32H,14-17H2,1H3/t18-,19-/m0/s1. The van der Waals surface area contributed by atoms with Crippen LogP contribution in [0.4, 0.5) is 10.1 Å². The van der Waals surface area contributed by atoms with E-state index in [1.807, 2.05) is 28.8 Å². The van der Waals surface area contributed by atoms with Gasteiger partial charge in [-0.15, -0.1) is 0 Å². The molecule has 1 fully saturated rings. The van der Waals surface area contributed by atoms with Gasteiger partial charge < -0.3 is 24.0 Å². The van der Waals surface area contributed by atoms with E-state index in [9.17, 15) is 14.3 Å². The molecule has 0 radical (unpaired) electrons. The number of amides is 1. The Kier molecular flexibility index (Phi) is 6.37. The molecule has 1 saturated heterocycles. The van der Waals surface area contributed by atoms with E-state index < -0.39 is 11.9 Å². The third kappa shape index (κ3) is 4.70. The number of methoxy groups -OCH3 is 1. The van der Waals surface area contributed by atoms with Gasteiger partial charge in [0, 0.05) is 18.9 Å². The van der Waals surface area contributed by atoms with Gasteiger partial charge in [0.1, 0.15) is 35.9 Å². The van der Waals surface area contributed by atoms with Gasteiger partial charge in [0.25, 0.3) is 0 Å². The number of aliphatic hydroxyl groups excluding tert-OH is 1. The fourth-order valence-electron chi connectivity index (χ4n) is 4.51. The first-order valence-corrected chi connectivity index (χ1v) is 11.5. The van der Waals surface area contributed by atoms with Crippen LogP contribution >= 0.6 is 0 Å². The highest BCUT2D eigenvalue weighted by atomic mass is 19.1. The number of nitrogens with zero attached hydrogens (tertiary/aromatic N) is 3. The van der Waals surface area contributed by atoms with Crippen LogP contribution in [-0.2, 0) is 11.3 Å². The zero-order chi connectivity index (χ0) is 24.4. The number of aliphatic hydroxyl groups is 1. The minimum absolute atomic E-state index is 0.0865. The first kappa shape index (κ1) is 22.9. The molecule has 4 aromatic rings. The molecule has 7 nitrogen and oxygen atoms in total. The number of ether oxygens (including phenoxy) is 2. The molecule has 0 unspecified atom stereocenters. The summed E-state index contributed by atoms with van der Waals surface area (Å²) >= 11 is 0. The van der Waals surface area contributed by atoms with Crippen LogP contribution in [0.3, 0.4) is 0 Å². The summed E-state index contributed by atoms with van der Waals surface area (Å²) < 4.78 is 27.2. The summed E-state index contributed by atoms with van der Waals surface area (Å²) in [6, 6.07) is 21.1. The van der Waals surface area contributed by atoms with Crippen LogP contribution in [-0.4, -0.2) is 46.9 Å². The monoisotopic (exact) mass is 475 g/mol. The van der Waals surface area contributed by atoms with Crippen molar-refractivity contribution in [3.63, 3.8) is 0 Å². The Balaban J connectivity index is 1.36. The van der Waals surface area contributed by atoms with Gasteiger partial charge in [0.05, 0.1) is 30.4 Å². The van der Waals surface area contributed by atoms with Crippen molar-refractivity contribution in [1.29, 1.82) is 0 Å². The molecular weight excluding hydrogens is 449 g/mol. The maximum atomic E-state index is 14.4. The van der Waals surface area contributed by atoms with Gasteiger partial charge in [-0.2, -0.15) is 0 Å². The van der Waals surface area contributed by atoms with Crippen LogP contribution in [0.1, 0.15) is 18.2 Å². The van der Waals surface area contributed by atoms with Crippen LogP contribution in [0.15, 0.2) is 72.8 Å². The summed E-state index contributed by atoms with van der Waals surface area (Å²) in [7, 11) is 1.60. The third-order valence-corrected chi connectivity index (χ3v) is 6.21. The van der Waals surface area contributed by atoms with Crippen LogP contribution < -0.4 is 14.4 Å². The molecule has 5 rings (SSSR count). The largest absolute Gasteiger partial charge is 0.497 e. The molecule has 1 amide bonds. The molecule has 2 heterocycles. The number of aromatic nitrogens is 2. The van der Waals surface area contributed by atoms with E-state index in [-0.39, 0.29) is 37.1 Å². The molecule has 0 aliphatic carbocycles. The molecule has 1 aliphatic rings. The Morgan fingerprint density at radius 2 is 1.77 bits per heavy atom. The number of hydrogen-bond donors (Lipinski definition) is 1. The van der Waals surface area contributed by atoms with Crippen molar-refractivity contribution in [2.24, 2.45) is 0 Å². The SMILES string of the molecule is COc1ccc(OC[C@@H](O)Cn2c([C@H]3CC(=O)N(c4ccccc4F)C3)nc3ccccc32)cc1. The summed E-state index contributed by atoms with van der Waals surface area (Å²) in [4.78, 5) is 19.1. The lowest BCUT2D eigenvalue weighted by Gasteiger charge is -2.19. The number of fused-ring (bicyclic) bond motifs is 1. The number of benzene rings is 3. The summed E-state index contributed by atoms with van der Waals surface area (Å²) in [5.41, 5.74) is 1.92. The van der Waals surface area contributed by atoms with Gasteiger partial charge >= 0.3 is 0 Å². The van der Waals surface area contributed by atoms with Gasteiger partial charge in [0.15, 0.2) is 0 Å². The van der Waals surface area contributed by atoms with E-state index in [1.54, 1.807) is 49.6 Å². The van der Waals surface area contributed by atoms with E-state index in [2.05, 4.69) is 0 Å². The normalized spacial score (nSPS) is 16.6. The molecule has 0 spiro atoms. The maximum Gasteiger partial charge on any atom is 0.227 e. The summed E-state index contributed by atoms with van der Waals surface area (Å²) in [6.45, 7) is 0.654. The van der Waals surface area contributed by atoms with Crippen molar-refractivity contribution in [3.05, 3.63) is 84.4 Å². The van der Waals surface area contributed by atoms with Crippen molar-refractivity contribution < 1.29 is 23.8 Å². The summed E-state index contributed by atoms with van der Waals surface area (Å²) in [6.07, 6.45) is -0.593. The van der Waals surface area contributed by atoms with Gasteiger partial charge in [-0.25, -0.2) is 9.37 Å². The molecule has 2 atom stereocenters. The fraction of sp³-hybridized carbons (Fsp3) is 0.259. The second kappa shape index (κ2) is 9.76. The second-order valence-electron chi connectivity index (χ2n) is 8.57. The lowest BCUT2D eigenvalue weighted by molar-refractivity contribution is -0.117. The molecule has 180 valence electrons. The average molecular weight is 476 g/mol. The van der Waals surface area contributed by atoms with Crippen LogP contribution in [0, 0.1) is 5.82 Å². The quantitative estimate of drug-likeness (QED) is 0.415. The van der Waals surface area contributed by atoms with Gasteiger partial charge in [-0.05, 0) is 48.5 Å². The number of hydrogen-bond acceptors (Lipinski definition) is 5. The molecule has 0 saturated carbocycles. The van der Waals surface area contributed by atoms with Crippen LogP contribution in [0.5, 0.6) is 11.5 Å². The van der Waals surface area contributed by atoms with E-state index in [0.29, 0.717) is 18.1 Å². The second-order valence-corrected chi connectivity index (χ2v) is 8.57. The van der Waals surface area contributed by atoms with Crippen molar-refractivity contribution in [2.75, 3.05) is 25.2 Å². The van der Waals surface area contributed by atoms with Crippen molar-refractivity contribution in [3.8, 4) is 11.5 Å². The summed E-state index contributed by atoms with van der Waals surface area (Å²) in [5, 5.41) is 10.8. The van der Waals surface area contributed by atoms with Crippen molar-refractivity contribution >= 4 is 22.6 Å². The van der Waals surface area contributed by atoms with Gasteiger partial charge in [0.2, 0.25) is 5.91 Å². The lowest BCUT2D eigenvalue weighted by atomic mass is 10.1. The van der Waals surface area contributed by atoms with Crippen molar-refractivity contribution in [1.82, 2.24) is 9.55 Å². The average Bonchev–Trinajstić information content (AvgIpc) is 3.44. The predicted octanol–water partition coefficient (Wildman–Crippen LogP) is 4.14. The fourth-order valence-corrected chi connectivity index (χ4v) is 4.51. The lowest BCUT2D eigenvalue weighted by Crippen LogP contribution is -2.27. The number of carbonyl (C=O) groups excluding carboxylic acids is 1. The highest BCUT2D eigenvalue weighted by Crippen LogP contribution is 2.34. The Labute approximate surface area is 202 Å². The molecular formula is C27H26FN3O4. The Morgan fingerprint density at radius 1 is 1.06 bits per heavy atom.